The molecule has 5 heteroatoms. The second-order valence-electron chi connectivity index (χ2n) is 5.64. The number of pyridine rings is 1. The summed E-state index contributed by atoms with van der Waals surface area (Å²) in [4.78, 5) is 8.77. The van der Waals surface area contributed by atoms with Gasteiger partial charge in [0.25, 0.3) is 0 Å². The van der Waals surface area contributed by atoms with Crippen LogP contribution in [-0.2, 0) is 6.54 Å². The Bertz CT molecular complexity index is 799. The lowest BCUT2D eigenvalue weighted by molar-refractivity contribution is 0.0624. The van der Waals surface area contributed by atoms with E-state index in [9.17, 15) is 5.11 Å². The molecule has 103 valence electrons. The SMILES string of the molecule is [CH2]c1nc2c(N)nc3ccccc3c2n1CC(C)(C)O. The van der Waals surface area contributed by atoms with E-state index in [4.69, 9.17) is 5.73 Å². The molecule has 0 amide bonds. The zero-order chi connectivity index (χ0) is 14.5. The first-order chi connectivity index (χ1) is 9.37. The first kappa shape index (κ1) is 12.9. The van der Waals surface area contributed by atoms with E-state index in [0.29, 0.717) is 23.7 Å². The number of nitrogens with two attached hydrogens (primary N) is 1. The van der Waals surface area contributed by atoms with Crippen LogP contribution in [0, 0.1) is 6.92 Å². The van der Waals surface area contributed by atoms with Crippen molar-refractivity contribution in [3.8, 4) is 0 Å². The lowest BCUT2D eigenvalue weighted by Crippen LogP contribution is -2.26. The molecule has 0 unspecified atom stereocenters. The van der Waals surface area contributed by atoms with Gasteiger partial charge in [0, 0.05) is 12.3 Å². The number of nitrogen functional groups attached to an aromatic ring is 1. The predicted molar refractivity (Wildman–Crippen MR) is 80.2 cm³/mol. The molecule has 0 saturated heterocycles. The van der Waals surface area contributed by atoms with Crippen molar-refractivity contribution in [2.45, 2.75) is 26.0 Å². The second kappa shape index (κ2) is 4.18. The van der Waals surface area contributed by atoms with Gasteiger partial charge in [0.15, 0.2) is 5.82 Å². The van der Waals surface area contributed by atoms with Crippen molar-refractivity contribution in [2.24, 2.45) is 0 Å². The molecule has 3 N–H and O–H groups in total. The van der Waals surface area contributed by atoms with Gasteiger partial charge in [-0.25, -0.2) is 9.97 Å². The fourth-order valence-electron chi connectivity index (χ4n) is 2.46. The summed E-state index contributed by atoms with van der Waals surface area (Å²) in [5.74, 6) is 0.963. The van der Waals surface area contributed by atoms with Crippen LogP contribution in [0.25, 0.3) is 21.9 Å². The number of hydrogen-bond donors (Lipinski definition) is 2. The number of benzene rings is 1. The third kappa shape index (κ3) is 2.00. The Hall–Kier alpha value is -2.14. The van der Waals surface area contributed by atoms with Gasteiger partial charge in [0.2, 0.25) is 0 Å². The Morgan fingerprint density at radius 3 is 2.70 bits per heavy atom. The van der Waals surface area contributed by atoms with Gasteiger partial charge < -0.3 is 15.4 Å². The summed E-state index contributed by atoms with van der Waals surface area (Å²) in [5.41, 5.74) is 7.46. The maximum atomic E-state index is 10.1. The summed E-state index contributed by atoms with van der Waals surface area (Å²) in [5, 5.41) is 11.1. The summed E-state index contributed by atoms with van der Waals surface area (Å²) in [7, 11) is 0. The van der Waals surface area contributed by atoms with Gasteiger partial charge in [0.1, 0.15) is 11.3 Å². The minimum Gasteiger partial charge on any atom is -0.389 e. The zero-order valence-electron chi connectivity index (χ0n) is 11.6. The molecule has 0 aliphatic carbocycles. The minimum absolute atomic E-state index is 0.387. The van der Waals surface area contributed by atoms with E-state index >= 15 is 0 Å². The van der Waals surface area contributed by atoms with E-state index in [1.807, 2.05) is 28.8 Å². The molecule has 3 rings (SSSR count). The van der Waals surface area contributed by atoms with Crippen LogP contribution in [0.4, 0.5) is 5.82 Å². The lowest BCUT2D eigenvalue weighted by Gasteiger charge is -2.19. The van der Waals surface area contributed by atoms with E-state index < -0.39 is 5.60 Å². The molecule has 0 aliphatic heterocycles. The number of imidazole rings is 1. The molecule has 0 atom stereocenters. The van der Waals surface area contributed by atoms with Crippen LogP contribution in [0.1, 0.15) is 19.7 Å². The van der Waals surface area contributed by atoms with Crippen molar-refractivity contribution in [1.29, 1.82) is 0 Å². The van der Waals surface area contributed by atoms with Crippen molar-refractivity contribution in [2.75, 3.05) is 5.73 Å². The molecule has 3 aromatic rings. The van der Waals surface area contributed by atoms with E-state index in [2.05, 4.69) is 16.9 Å². The van der Waals surface area contributed by atoms with Crippen LogP contribution >= 0.6 is 0 Å². The smallest absolute Gasteiger partial charge is 0.152 e. The molecule has 2 heterocycles. The molecule has 0 bridgehead atoms. The number of hydrogen-bond acceptors (Lipinski definition) is 4. The molecule has 20 heavy (non-hydrogen) atoms. The lowest BCUT2D eigenvalue weighted by atomic mass is 10.1. The Morgan fingerprint density at radius 2 is 2.00 bits per heavy atom. The van der Waals surface area contributed by atoms with Gasteiger partial charge in [-0.3, -0.25) is 0 Å². The van der Waals surface area contributed by atoms with E-state index in [1.54, 1.807) is 13.8 Å². The first-order valence-electron chi connectivity index (χ1n) is 6.45. The average Bonchev–Trinajstić information content (AvgIpc) is 2.66. The fraction of sp³-hybridized carbons (Fsp3) is 0.267. The Balaban J connectivity index is 2.42. The summed E-state index contributed by atoms with van der Waals surface area (Å²) in [6, 6.07) is 7.76. The highest BCUT2D eigenvalue weighted by Crippen LogP contribution is 2.29. The zero-order valence-corrected chi connectivity index (χ0v) is 11.6. The first-order valence-corrected chi connectivity index (χ1v) is 6.45. The molecule has 0 fully saturated rings. The summed E-state index contributed by atoms with van der Waals surface area (Å²) >= 11 is 0. The Kier molecular flexibility index (Phi) is 2.69. The predicted octanol–water partition coefficient (Wildman–Crippen LogP) is 2.12. The number of rotatable bonds is 2. The highest BCUT2D eigenvalue weighted by Gasteiger charge is 2.20. The van der Waals surface area contributed by atoms with Crippen LogP contribution in [0.5, 0.6) is 0 Å². The normalized spacial score (nSPS) is 12.4. The third-order valence-electron chi connectivity index (χ3n) is 3.23. The maximum Gasteiger partial charge on any atom is 0.152 e. The number of fused-ring (bicyclic) bond motifs is 3. The minimum atomic E-state index is -0.862. The largest absolute Gasteiger partial charge is 0.389 e. The van der Waals surface area contributed by atoms with Crippen molar-refractivity contribution in [3.63, 3.8) is 0 Å². The Morgan fingerprint density at radius 1 is 1.30 bits per heavy atom. The molecule has 5 nitrogen and oxygen atoms in total. The van der Waals surface area contributed by atoms with Crippen LogP contribution in [-0.4, -0.2) is 25.2 Å². The summed E-state index contributed by atoms with van der Waals surface area (Å²) in [6.45, 7) is 7.86. The number of anilines is 1. The molecular weight excluding hydrogens is 252 g/mol. The van der Waals surface area contributed by atoms with Gasteiger partial charge in [-0.2, -0.15) is 0 Å². The third-order valence-corrected chi connectivity index (χ3v) is 3.23. The maximum absolute atomic E-state index is 10.1. The molecule has 2 aromatic heterocycles. The van der Waals surface area contributed by atoms with Crippen molar-refractivity contribution in [1.82, 2.24) is 14.5 Å². The summed E-state index contributed by atoms with van der Waals surface area (Å²) < 4.78 is 1.90. The molecule has 1 aromatic carbocycles. The highest BCUT2D eigenvalue weighted by atomic mass is 16.3. The van der Waals surface area contributed by atoms with Gasteiger partial charge in [-0.05, 0) is 19.9 Å². The van der Waals surface area contributed by atoms with E-state index in [1.165, 1.54) is 0 Å². The van der Waals surface area contributed by atoms with E-state index in [0.717, 1.165) is 16.4 Å². The average molecular weight is 269 g/mol. The standard InChI is InChI=1S/C15H17N4O/c1-9-17-12-13(19(9)8-15(2,3)20)10-6-4-5-7-11(10)18-14(12)16/h4-7,20H,1,8H2,2-3H3,(H2,16,18). The molecule has 0 saturated carbocycles. The van der Waals surface area contributed by atoms with Gasteiger partial charge in [0.05, 0.1) is 23.2 Å². The van der Waals surface area contributed by atoms with Gasteiger partial charge in [-0.1, -0.05) is 18.2 Å². The van der Waals surface area contributed by atoms with Crippen LogP contribution < -0.4 is 5.73 Å². The van der Waals surface area contributed by atoms with Crippen LogP contribution in [0.3, 0.4) is 0 Å². The summed E-state index contributed by atoms with van der Waals surface area (Å²) in [6.07, 6.45) is 0. The molecule has 1 radical (unpaired) electrons. The topological polar surface area (TPSA) is 77.0 Å². The molecular formula is C15H17N4O. The number of nitrogens with zero attached hydrogens (tertiary/aromatic N) is 3. The van der Waals surface area contributed by atoms with Crippen molar-refractivity contribution in [3.05, 3.63) is 37.0 Å². The van der Waals surface area contributed by atoms with Crippen molar-refractivity contribution < 1.29 is 5.11 Å². The van der Waals surface area contributed by atoms with Crippen LogP contribution in [0.2, 0.25) is 0 Å². The molecule has 0 spiro atoms. The highest BCUT2D eigenvalue weighted by molar-refractivity contribution is 6.06. The monoisotopic (exact) mass is 269 g/mol. The second-order valence-corrected chi connectivity index (χ2v) is 5.64. The Labute approximate surface area is 117 Å². The number of para-hydroxylation sites is 1. The van der Waals surface area contributed by atoms with Gasteiger partial charge >= 0.3 is 0 Å². The quantitative estimate of drug-likeness (QED) is 0.747. The number of aromatic nitrogens is 3. The van der Waals surface area contributed by atoms with E-state index in [-0.39, 0.29) is 0 Å². The fourth-order valence-corrected chi connectivity index (χ4v) is 2.46. The number of aliphatic hydroxyl groups is 1. The van der Waals surface area contributed by atoms with Crippen LogP contribution in [0.15, 0.2) is 24.3 Å². The molecule has 0 aliphatic rings. The van der Waals surface area contributed by atoms with Gasteiger partial charge in [-0.15, -0.1) is 0 Å². The van der Waals surface area contributed by atoms with Crippen molar-refractivity contribution >= 4 is 27.8 Å².